The summed E-state index contributed by atoms with van der Waals surface area (Å²) in [5.74, 6) is 0.194. The molecule has 108 valence electrons. The van der Waals surface area contributed by atoms with Crippen LogP contribution in [0.3, 0.4) is 0 Å². The quantitative estimate of drug-likeness (QED) is 0.621. The SMILES string of the molecule is CCCCCCCCCC(=O)N1CCCCC1C#N. The van der Waals surface area contributed by atoms with Gasteiger partial charge in [0.1, 0.15) is 6.04 Å². The van der Waals surface area contributed by atoms with E-state index < -0.39 is 0 Å². The fourth-order valence-corrected chi connectivity index (χ4v) is 2.74. The Morgan fingerprint density at radius 2 is 1.84 bits per heavy atom. The van der Waals surface area contributed by atoms with Gasteiger partial charge in [0.2, 0.25) is 5.91 Å². The summed E-state index contributed by atoms with van der Waals surface area (Å²) < 4.78 is 0. The van der Waals surface area contributed by atoms with E-state index in [0.717, 1.165) is 38.6 Å². The number of hydrogen-bond donors (Lipinski definition) is 0. The van der Waals surface area contributed by atoms with Gasteiger partial charge in [-0.05, 0) is 25.7 Å². The van der Waals surface area contributed by atoms with E-state index in [1.165, 1.54) is 32.1 Å². The maximum atomic E-state index is 12.1. The fourth-order valence-electron chi connectivity index (χ4n) is 2.74. The van der Waals surface area contributed by atoms with Gasteiger partial charge in [-0.15, -0.1) is 0 Å². The number of likely N-dealkylation sites (tertiary alicyclic amines) is 1. The highest BCUT2D eigenvalue weighted by atomic mass is 16.2. The summed E-state index contributed by atoms with van der Waals surface area (Å²) in [6.07, 6.45) is 12.2. The van der Waals surface area contributed by atoms with Crippen LogP contribution in [0.1, 0.15) is 77.6 Å². The molecule has 1 amide bonds. The summed E-state index contributed by atoms with van der Waals surface area (Å²) in [4.78, 5) is 13.9. The van der Waals surface area contributed by atoms with Crippen molar-refractivity contribution < 1.29 is 4.79 Å². The number of nitrogens with zero attached hydrogens (tertiary/aromatic N) is 2. The molecule has 0 aromatic carbocycles. The normalized spacial score (nSPS) is 19.2. The highest BCUT2D eigenvalue weighted by Gasteiger charge is 2.25. The summed E-state index contributed by atoms with van der Waals surface area (Å²) in [5.41, 5.74) is 0. The van der Waals surface area contributed by atoms with Crippen LogP contribution in [0.15, 0.2) is 0 Å². The molecule has 0 aliphatic carbocycles. The van der Waals surface area contributed by atoms with Gasteiger partial charge in [0.25, 0.3) is 0 Å². The molecule has 1 saturated heterocycles. The average Bonchev–Trinajstić information content (AvgIpc) is 2.46. The minimum Gasteiger partial charge on any atom is -0.327 e. The number of hydrogen-bond acceptors (Lipinski definition) is 2. The Morgan fingerprint density at radius 3 is 2.53 bits per heavy atom. The molecule has 1 atom stereocenters. The average molecular weight is 264 g/mol. The lowest BCUT2D eigenvalue weighted by Gasteiger charge is -2.31. The molecule has 0 aromatic heterocycles. The minimum absolute atomic E-state index is 0.161. The van der Waals surface area contributed by atoms with Gasteiger partial charge in [0, 0.05) is 13.0 Å². The standard InChI is InChI=1S/C16H28N2O/c1-2-3-4-5-6-7-8-12-16(19)18-13-10-9-11-15(18)14-17/h15H,2-13H2,1H3. The molecule has 1 fully saturated rings. The van der Waals surface area contributed by atoms with E-state index >= 15 is 0 Å². The first kappa shape index (κ1) is 16.0. The zero-order chi connectivity index (χ0) is 13.9. The summed E-state index contributed by atoms with van der Waals surface area (Å²) in [6.45, 7) is 3.01. The lowest BCUT2D eigenvalue weighted by atomic mass is 10.0. The van der Waals surface area contributed by atoms with Crippen molar-refractivity contribution in [3.8, 4) is 6.07 Å². The van der Waals surface area contributed by atoms with Crippen LogP contribution in [-0.4, -0.2) is 23.4 Å². The maximum Gasteiger partial charge on any atom is 0.223 e. The topological polar surface area (TPSA) is 44.1 Å². The lowest BCUT2D eigenvalue weighted by molar-refractivity contribution is -0.133. The first-order chi connectivity index (χ1) is 9.29. The molecule has 0 aromatic rings. The van der Waals surface area contributed by atoms with Crippen LogP contribution in [0.25, 0.3) is 0 Å². The zero-order valence-electron chi connectivity index (χ0n) is 12.4. The van der Waals surface area contributed by atoms with Gasteiger partial charge in [0.05, 0.1) is 6.07 Å². The molecule has 1 aliphatic heterocycles. The number of amides is 1. The Bertz CT molecular complexity index is 296. The van der Waals surface area contributed by atoms with Crippen molar-refractivity contribution >= 4 is 5.91 Å². The van der Waals surface area contributed by atoms with Crippen molar-refractivity contribution in [1.82, 2.24) is 4.90 Å². The summed E-state index contributed by atoms with van der Waals surface area (Å²) >= 11 is 0. The number of rotatable bonds is 8. The van der Waals surface area contributed by atoms with Crippen LogP contribution in [0.2, 0.25) is 0 Å². The summed E-state index contributed by atoms with van der Waals surface area (Å²) in [7, 11) is 0. The Balaban J connectivity index is 2.11. The largest absolute Gasteiger partial charge is 0.327 e. The van der Waals surface area contributed by atoms with E-state index in [2.05, 4.69) is 13.0 Å². The molecule has 0 bridgehead atoms. The molecular weight excluding hydrogens is 236 g/mol. The second kappa shape index (κ2) is 9.83. The number of unbranched alkanes of at least 4 members (excludes halogenated alkanes) is 6. The number of nitriles is 1. The van der Waals surface area contributed by atoms with Crippen molar-refractivity contribution in [3.63, 3.8) is 0 Å². The van der Waals surface area contributed by atoms with Crippen LogP contribution in [0.5, 0.6) is 0 Å². The van der Waals surface area contributed by atoms with Crippen LogP contribution in [0, 0.1) is 11.3 Å². The molecule has 19 heavy (non-hydrogen) atoms. The first-order valence-electron chi connectivity index (χ1n) is 7.98. The predicted molar refractivity (Wildman–Crippen MR) is 77.6 cm³/mol. The second-order valence-corrected chi connectivity index (χ2v) is 5.60. The molecule has 3 heteroatoms. The van der Waals surface area contributed by atoms with Gasteiger partial charge in [-0.3, -0.25) is 4.79 Å². The van der Waals surface area contributed by atoms with Gasteiger partial charge in [-0.2, -0.15) is 5.26 Å². The van der Waals surface area contributed by atoms with Gasteiger partial charge < -0.3 is 4.90 Å². The van der Waals surface area contributed by atoms with E-state index in [1.54, 1.807) is 4.90 Å². The van der Waals surface area contributed by atoms with E-state index in [-0.39, 0.29) is 11.9 Å². The number of piperidine rings is 1. The molecule has 0 saturated carbocycles. The molecular formula is C16H28N2O. The fraction of sp³-hybridized carbons (Fsp3) is 0.875. The minimum atomic E-state index is -0.161. The van der Waals surface area contributed by atoms with E-state index in [4.69, 9.17) is 5.26 Å². The Morgan fingerprint density at radius 1 is 1.16 bits per heavy atom. The van der Waals surface area contributed by atoms with Crippen LogP contribution >= 0.6 is 0 Å². The highest BCUT2D eigenvalue weighted by Crippen LogP contribution is 2.18. The van der Waals surface area contributed by atoms with Crippen molar-refractivity contribution in [2.24, 2.45) is 0 Å². The van der Waals surface area contributed by atoms with Gasteiger partial charge in [0.15, 0.2) is 0 Å². The smallest absolute Gasteiger partial charge is 0.223 e. The zero-order valence-corrected chi connectivity index (χ0v) is 12.4. The molecule has 1 aliphatic rings. The third-order valence-corrected chi connectivity index (χ3v) is 3.97. The van der Waals surface area contributed by atoms with Crippen molar-refractivity contribution in [1.29, 1.82) is 5.26 Å². The molecule has 0 radical (unpaired) electrons. The number of carbonyl (C=O) groups excluding carboxylic acids is 1. The third kappa shape index (κ3) is 6.09. The Hall–Kier alpha value is -1.04. The molecule has 1 unspecified atom stereocenters. The maximum absolute atomic E-state index is 12.1. The molecule has 1 heterocycles. The highest BCUT2D eigenvalue weighted by molar-refractivity contribution is 5.76. The van der Waals surface area contributed by atoms with Gasteiger partial charge >= 0.3 is 0 Å². The first-order valence-corrected chi connectivity index (χ1v) is 7.98. The Labute approximate surface area is 118 Å². The van der Waals surface area contributed by atoms with Gasteiger partial charge in [-0.1, -0.05) is 45.4 Å². The van der Waals surface area contributed by atoms with Crippen LogP contribution < -0.4 is 0 Å². The lowest BCUT2D eigenvalue weighted by Crippen LogP contribution is -2.42. The molecule has 0 N–H and O–H groups in total. The Kier molecular flexibility index (Phi) is 8.29. The van der Waals surface area contributed by atoms with Crippen LogP contribution in [-0.2, 0) is 4.79 Å². The van der Waals surface area contributed by atoms with Crippen molar-refractivity contribution in [2.45, 2.75) is 83.6 Å². The summed E-state index contributed by atoms with van der Waals surface area (Å²) in [6, 6.07) is 2.10. The van der Waals surface area contributed by atoms with Crippen molar-refractivity contribution in [3.05, 3.63) is 0 Å². The third-order valence-electron chi connectivity index (χ3n) is 3.97. The van der Waals surface area contributed by atoms with E-state index in [0.29, 0.717) is 6.42 Å². The summed E-state index contributed by atoms with van der Waals surface area (Å²) in [5, 5.41) is 9.06. The van der Waals surface area contributed by atoms with Crippen molar-refractivity contribution in [2.75, 3.05) is 6.54 Å². The molecule has 1 rings (SSSR count). The second-order valence-electron chi connectivity index (χ2n) is 5.60. The van der Waals surface area contributed by atoms with E-state index in [9.17, 15) is 4.79 Å². The number of carbonyl (C=O) groups is 1. The van der Waals surface area contributed by atoms with Crippen LogP contribution in [0.4, 0.5) is 0 Å². The van der Waals surface area contributed by atoms with Gasteiger partial charge in [-0.25, -0.2) is 0 Å². The van der Waals surface area contributed by atoms with E-state index in [1.807, 2.05) is 0 Å². The molecule has 3 nitrogen and oxygen atoms in total. The monoisotopic (exact) mass is 264 g/mol. The molecule has 0 spiro atoms. The predicted octanol–water partition coefficient (Wildman–Crippen LogP) is 4.03.